The van der Waals surface area contributed by atoms with Gasteiger partial charge in [-0.3, -0.25) is 24.0 Å². The lowest BCUT2D eigenvalue weighted by Gasteiger charge is -2.30. The summed E-state index contributed by atoms with van der Waals surface area (Å²) in [5.41, 5.74) is 7.17. The van der Waals surface area contributed by atoms with Crippen molar-refractivity contribution >= 4 is 41.3 Å². The molecule has 0 spiro atoms. The monoisotopic (exact) mass is 642 g/mol. The van der Waals surface area contributed by atoms with Gasteiger partial charge in [-0.2, -0.15) is 0 Å². The van der Waals surface area contributed by atoms with Crippen LogP contribution >= 0.6 is 0 Å². The predicted octanol–water partition coefficient (Wildman–Crippen LogP) is 5.39. The highest BCUT2D eigenvalue weighted by atomic mass is 16.5. The molecule has 0 saturated heterocycles. The summed E-state index contributed by atoms with van der Waals surface area (Å²) >= 11 is 0. The molecule has 4 aromatic carbocycles. The molecule has 3 aliphatic rings. The smallest absolute Gasteiger partial charge is 0.262 e. The summed E-state index contributed by atoms with van der Waals surface area (Å²) in [4.78, 5) is 66.2. The first-order chi connectivity index (χ1) is 23.2. The minimum absolute atomic E-state index is 0.0643. The van der Waals surface area contributed by atoms with Crippen LogP contribution in [0.25, 0.3) is 0 Å². The average Bonchev–Trinajstić information content (AvgIpc) is 3.95. The topological polar surface area (TPSA) is 125 Å². The number of carbonyl (C=O) groups excluding carboxylic acids is 5. The highest BCUT2D eigenvalue weighted by Crippen LogP contribution is 2.33. The van der Waals surface area contributed by atoms with Crippen molar-refractivity contribution in [2.45, 2.75) is 45.3 Å². The molecule has 1 aliphatic carbocycles. The Morgan fingerprint density at radius 1 is 0.958 bits per heavy atom. The zero-order valence-electron chi connectivity index (χ0n) is 26.5. The van der Waals surface area contributed by atoms with Crippen molar-refractivity contribution in [2.75, 3.05) is 23.8 Å². The molecule has 0 bridgehead atoms. The molecular formula is C38H34N4O6. The summed E-state index contributed by atoms with van der Waals surface area (Å²) < 4.78 is 5.50. The summed E-state index contributed by atoms with van der Waals surface area (Å²) in [5.74, 6) is -0.147. The van der Waals surface area contributed by atoms with Gasteiger partial charge in [-0.1, -0.05) is 24.3 Å². The van der Waals surface area contributed by atoms with Crippen molar-refractivity contribution < 1.29 is 28.7 Å². The van der Waals surface area contributed by atoms with Crippen LogP contribution in [-0.2, 0) is 24.3 Å². The maximum Gasteiger partial charge on any atom is 0.262 e. The molecule has 2 N–H and O–H groups in total. The molecule has 4 aromatic rings. The summed E-state index contributed by atoms with van der Waals surface area (Å²) in [7, 11) is 0. The van der Waals surface area contributed by atoms with Crippen LogP contribution in [0.4, 0.5) is 11.4 Å². The van der Waals surface area contributed by atoms with E-state index in [1.165, 1.54) is 0 Å². The number of rotatable bonds is 8. The van der Waals surface area contributed by atoms with Crippen LogP contribution in [0.5, 0.6) is 5.75 Å². The molecule has 242 valence electrons. The Hall–Kier alpha value is -5.77. The minimum atomic E-state index is -0.236. The van der Waals surface area contributed by atoms with Crippen molar-refractivity contribution in [1.29, 1.82) is 0 Å². The fourth-order valence-electron chi connectivity index (χ4n) is 6.26. The number of aldehydes is 1. The third kappa shape index (κ3) is 6.42. The fourth-order valence-corrected chi connectivity index (χ4v) is 6.26. The van der Waals surface area contributed by atoms with Crippen LogP contribution in [0.3, 0.4) is 0 Å². The van der Waals surface area contributed by atoms with Gasteiger partial charge < -0.3 is 25.2 Å². The molecule has 48 heavy (non-hydrogen) atoms. The lowest BCUT2D eigenvalue weighted by molar-refractivity contribution is -0.118. The van der Waals surface area contributed by atoms with E-state index in [0.29, 0.717) is 65.4 Å². The number of nitrogens with one attached hydrogen (secondary N) is 2. The Bertz CT molecular complexity index is 1970. The normalized spacial score (nSPS) is 14.9. The van der Waals surface area contributed by atoms with E-state index >= 15 is 0 Å². The zero-order chi connectivity index (χ0) is 33.4. The number of hydrogen-bond acceptors (Lipinski definition) is 6. The SMILES string of the molecule is Cc1cc(C=O)ccc1C(=O)N1CCc2cc(NC(=O)c3ccc(CN(C(=O)c4ccc5c(c4)OCC(=O)N5)C4CC4)cc3)ccc2C1. The van der Waals surface area contributed by atoms with Crippen LogP contribution in [0.2, 0.25) is 0 Å². The maximum atomic E-state index is 13.5. The number of anilines is 2. The van der Waals surface area contributed by atoms with Gasteiger partial charge in [-0.05, 0) is 103 Å². The highest BCUT2D eigenvalue weighted by molar-refractivity contribution is 6.04. The van der Waals surface area contributed by atoms with E-state index < -0.39 is 0 Å². The fraction of sp³-hybridized carbons (Fsp3) is 0.237. The lowest BCUT2D eigenvalue weighted by atomic mass is 9.97. The Balaban J connectivity index is 0.974. The van der Waals surface area contributed by atoms with E-state index in [1.807, 2.05) is 47.1 Å². The van der Waals surface area contributed by atoms with E-state index in [2.05, 4.69) is 10.6 Å². The standard InChI is InChI=1S/C38H34N4O6/c1-23-16-25(21-43)4-12-32(23)38(47)41-15-14-27-17-30(9-7-29(27)20-41)39-36(45)26-5-2-24(3-6-26)19-42(31-10-11-31)37(46)28-8-13-33-34(18-28)48-22-35(44)40-33/h2-9,12-13,16-18,21,31H,10-11,14-15,19-20,22H2,1H3,(H,39,45)(H,40,44). The first-order valence-corrected chi connectivity index (χ1v) is 16.0. The summed E-state index contributed by atoms with van der Waals surface area (Å²) in [5, 5.41) is 5.74. The Morgan fingerprint density at radius 2 is 1.75 bits per heavy atom. The number of amides is 4. The van der Waals surface area contributed by atoms with Crippen molar-refractivity contribution in [3.63, 3.8) is 0 Å². The number of hydrogen-bond donors (Lipinski definition) is 2. The quantitative estimate of drug-likeness (QED) is 0.248. The Morgan fingerprint density at radius 3 is 2.50 bits per heavy atom. The molecule has 0 radical (unpaired) electrons. The van der Waals surface area contributed by atoms with Gasteiger partial charge in [-0.15, -0.1) is 0 Å². The number of carbonyl (C=O) groups is 5. The van der Waals surface area contributed by atoms with Gasteiger partial charge >= 0.3 is 0 Å². The minimum Gasteiger partial charge on any atom is -0.482 e. The first-order valence-electron chi connectivity index (χ1n) is 16.0. The molecule has 2 aliphatic heterocycles. The highest BCUT2D eigenvalue weighted by Gasteiger charge is 2.34. The van der Waals surface area contributed by atoms with Crippen LogP contribution in [-0.4, -0.2) is 58.9 Å². The molecule has 1 saturated carbocycles. The van der Waals surface area contributed by atoms with E-state index in [1.54, 1.807) is 48.5 Å². The molecule has 10 heteroatoms. The number of ether oxygens (including phenoxy) is 1. The third-order valence-electron chi connectivity index (χ3n) is 9.06. The number of fused-ring (bicyclic) bond motifs is 2. The van der Waals surface area contributed by atoms with Gasteiger partial charge in [0.2, 0.25) is 0 Å². The van der Waals surface area contributed by atoms with Gasteiger partial charge in [0.05, 0.1) is 5.69 Å². The van der Waals surface area contributed by atoms with Crippen molar-refractivity contribution in [2.24, 2.45) is 0 Å². The van der Waals surface area contributed by atoms with Crippen LogP contribution in [0.15, 0.2) is 78.9 Å². The van der Waals surface area contributed by atoms with Gasteiger partial charge in [0.15, 0.2) is 6.61 Å². The largest absolute Gasteiger partial charge is 0.482 e. The van der Waals surface area contributed by atoms with E-state index in [-0.39, 0.29) is 36.3 Å². The first kappa shape index (κ1) is 30.9. The molecule has 7 rings (SSSR count). The van der Waals surface area contributed by atoms with Crippen LogP contribution < -0.4 is 15.4 Å². The third-order valence-corrected chi connectivity index (χ3v) is 9.06. The molecular weight excluding hydrogens is 608 g/mol. The molecule has 0 atom stereocenters. The molecule has 4 amide bonds. The van der Waals surface area contributed by atoms with Gasteiger partial charge in [0.1, 0.15) is 12.0 Å². The number of nitrogens with zero attached hydrogens (tertiary/aromatic N) is 2. The van der Waals surface area contributed by atoms with Gasteiger partial charge in [0.25, 0.3) is 23.6 Å². The molecule has 2 heterocycles. The van der Waals surface area contributed by atoms with Crippen LogP contribution in [0, 0.1) is 6.92 Å². The summed E-state index contributed by atoms with van der Waals surface area (Å²) in [6.45, 7) is 3.19. The van der Waals surface area contributed by atoms with Crippen molar-refractivity contribution in [1.82, 2.24) is 9.80 Å². The molecule has 10 nitrogen and oxygen atoms in total. The molecule has 0 aromatic heterocycles. The molecule has 0 unspecified atom stereocenters. The van der Waals surface area contributed by atoms with Gasteiger partial charge in [-0.25, -0.2) is 0 Å². The number of benzene rings is 4. The lowest BCUT2D eigenvalue weighted by Crippen LogP contribution is -2.36. The van der Waals surface area contributed by atoms with Crippen molar-refractivity contribution in [3.05, 3.63) is 123 Å². The predicted molar refractivity (Wildman–Crippen MR) is 179 cm³/mol. The van der Waals surface area contributed by atoms with E-state index in [4.69, 9.17) is 4.74 Å². The average molecular weight is 643 g/mol. The summed E-state index contributed by atoms with van der Waals surface area (Å²) in [6, 6.07) is 23.4. The van der Waals surface area contributed by atoms with E-state index in [9.17, 15) is 24.0 Å². The Kier molecular flexibility index (Phi) is 8.22. The van der Waals surface area contributed by atoms with Gasteiger partial charge in [0, 0.05) is 53.6 Å². The van der Waals surface area contributed by atoms with Crippen LogP contribution in [0.1, 0.15) is 76.5 Å². The Labute approximate surface area is 277 Å². The second kappa shape index (κ2) is 12.8. The van der Waals surface area contributed by atoms with E-state index in [0.717, 1.165) is 41.4 Å². The molecule has 1 fully saturated rings. The zero-order valence-corrected chi connectivity index (χ0v) is 26.5. The number of aryl methyl sites for hydroxylation is 1. The summed E-state index contributed by atoms with van der Waals surface area (Å²) in [6.07, 6.45) is 3.32. The second-order valence-electron chi connectivity index (χ2n) is 12.5. The second-order valence-corrected chi connectivity index (χ2v) is 12.5. The van der Waals surface area contributed by atoms with Crippen molar-refractivity contribution in [3.8, 4) is 5.75 Å². The maximum absolute atomic E-state index is 13.5.